The van der Waals surface area contributed by atoms with Crippen molar-refractivity contribution in [3.63, 3.8) is 0 Å². The Morgan fingerprint density at radius 1 is 1.17 bits per heavy atom. The maximum atomic E-state index is 12.9. The van der Waals surface area contributed by atoms with Gasteiger partial charge in [0.15, 0.2) is 5.58 Å². The van der Waals surface area contributed by atoms with Crippen LogP contribution >= 0.6 is 23.2 Å². The third kappa shape index (κ3) is 2.50. The second-order valence-electron chi connectivity index (χ2n) is 4.54. The van der Waals surface area contributed by atoms with Crippen LogP contribution in [0.5, 0.6) is 0 Å². The summed E-state index contributed by atoms with van der Waals surface area (Å²) in [5.74, 6) is -0.806. The van der Waals surface area contributed by atoms with Gasteiger partial charge in [0.05, 0.1) is 28.3 Å². The number of methoxy groups -OCH3 is 1. The van der Waals surface area contributed by atoms with Crippen LogP contribution in [0.2, 0.25) is 10.0 Å². The molecular weight excluding hydrogens is 365 g/mol. The van der Waals surface area contributed by atoms with Crippen molar-refractivity contribution in [2.45, 2.75) is 4.90 Å². The van der Waals surface area contributed by atoms with Gasteiger partial charge in [-0.15, -0.1) is 0 Å². The first kappa shape index (κ1) is 15.9. The number of fused-ring (bicyclic) bond motifs is 1. The Bertz CT molecular complexity index is 1020. The standard InChI is InChI=1S/C14H9Cl2NO5S/c1-21-14(18)12-7-13-11(4-5-22-13)17(12)23(19,20)8-2-3-9(15)10(16)6-8/h2-7H,1H3. The van der Waals surface area contributed by atoms with Gasteiger partial charge in [-0.05, 0) is 18.2 Å². The topological polar surface area (TPSA) is 78.5 Å². The van der Waals surface area contributed by atoms with E-state index in [-0.39, 0.29) is 31.7 Å². The molecule has 3 aromatic rings. The van der Waals surface area contributed by atoms with E-state index in [4.69, 9.17) is 27.6 Å². The quantitative estimate of drug-likeness (QED) is 0.655. The third-order valence-corrected chi connectivity index (χ3v) is 5.67. The van der Waals surface area contributed by atoms with Gasteiger partial charge in [0.2, 0.25) is 0 Å². The minimum Gasteiger partial charge on any atom is -0.464 e. The molecule has 2 heterocycles. The number of ether oxygens (including phenoxy) is 1. The molecule has 0 aliphatic rings. The third-order valence-electron chi connectivity index (χ3n) is 3.20. The SMILES string of the molecule is COC(=O)c1cc2occc2n1S(=O)(=O)c1ccc(Cl)c(Cl)c1. The van der Waals surface area contributed by atoms with Gasteiger partial charge in [-0.2, -0.15) is 0 Å². The fourth-order valence-electron chi connectivity index (χ4n) is 2.15. The minimum atomic E-state index is -4.10. The van der Waals surface area contributed by atoms with E-state index in [1.54, 1.807) is 0 Å². The van der Waals surface area contributed by atoms with Crippen molar-refractivity contribution in [3.8, 4) is 0 Å². The Balaban J connectivity index is 2.31. The molecule has 0 unspecified atom stereocenters. The number of aromatic nitrogens is 1. The fourth-order valence-corrected chi connectivity index (χ4v) is 4.03. The Kier molecular flexibility index (Phi) is 3.87. The van der Waals surface area contributed by atoms with Gasteiger partial charge >= 0.3 is 5.97 Å². The van der Waals surface area contributed by atoms with Crippen LogP contribution in [-0.4, -0.2) is 25.5 Å². The van der Waals surface area contributed by atoms with Crippen LogP contribution in [0, 0.1) is 0 Å². The second kappa shape index (κ2) is 5.59. The van der Waals surface area contributed by atoms with Gasteiger partial charge in [0, 0.05) is 12.1 Å². The van der Waals surface area contributed by atoms with Crippen LogP contribution < -0.4 is 0 Å². The summed E-state index contributed by atoms with van der Waals surface area (Å²) in [4.78, 5) is 11.8. The monoisotopic (exact) mass is 373 g/mol. The number of hydrogen-bond donors (Lipinski definition) is 0. The van der Waals surface area contributed by atoms with Crippen LogP contribution in [0.25, 0.3) is 11.1 Å². The summed E-state index contributed by atoms with van der Waals surface area (Å²) in [5, 5.41) is 0.308. The first-order chi connectivity index (χ1) is 10.9. The van der Waals surface area contributed by atoms with Crippen LogP contribution in [0.1, 0.15) is 10.5 Å². The molecular formula is C14H9Cl2NO5S. The molecule has 0 aliphatic carbocycles. The maximum absolute atomic E-state index is 12.9. The zero-order valence-electron chi connectivity index (χ0n) is 11.6. The van der Waals surface area contributed by atoms with Crippen molar-refractivity contribution in [1.82, 2.24) is 3.97 Å². The number of halogens is 2. The van der Waals surface area contributed by atoms with E-state index in [1.165, 1.54) is 36.6 Å². The zero-order chi connectivity index (χ0) is 16.8. The highest BCUT2D eigenvalue weighted by Gasteiger charge is 2.28. The molecule has 2 aromatic heterocycles. The van der Waals surface area contributed by atoms with Gasteiger partial charge in [-0.3, -0.25) is 0 Å². The predicted molar refractivity (Wildman–Crippen MR) is 84.6 cm³/mol. The number of nitrogens with zero attached hydrogens (tertiary/aromatic N) is 1. The Hall–Kier alpha value is -1.96. The molecule has 9 heteroatoms. The smallest absolute Gasteiger partial charge is 0.355 e. The van der Waals surface area contributed by atoms with Gasteiger partial charge in [-0.1, -0.05) is 23.2 Å². The molecule has 120 valence electrons. The van der Waals surface area contributed by atoms with Crippen molar-refractivity contribution in [1.29, 1.82) is 0 Å². The lowest BCUT2D eigenvalue weighted by molar-refractivity contribution is 0.0593. The lowest BCUT2D eigenvalue weighted by Crippen LogP contribution is -2.19. The number of esters is 1. The average molecular weight is 374 g/mol. The molecule has 6 nitrogen and oxygen atoms in total. The van der Waals surface area contributed by atoms with E-state index in [1.807, 2.05) is 0 Å². The summed E-state index contributed by atoms with van der Waals surface area (Å²) in [6.45, 7) is 0. The molecule has 0 bridgehead atoms. The predicted octanol–water partition coefficient (Wildman–Crippen LogP) is 3.56. The van der Waals surface area contributed by atoms with E-state index in [9.17, 15) is 13.2 Å². The highest BCUT2D eigenvalue weighted by Crippen LogP contribution is 2.30. The summed E-state index contributed by atoms with van der Waals surface area (Å²) in [6, 6.07) is 6.63. The van der Waals surface area contributed by atoms with Crippen molar-refractivity contribution in [2.24, 2.45) is 0 Å². The number of hydrogen-bond acceptors (Lipinski definition) is 5. The molecule has 23 heavy (non-hydrogen) atoms. The summed E-state index contributed by atoms with van der Waals surface area (Å²) < 4.78 is 36.5. The maximum Gasteiger partial charge on any atom is 0.355 e. The summed E-state index contributed by atoms with van der Waals surface area (Å²) in [6.07, 6.45) is 1.33. The van der Waals surface area contributed by atoms with Crippen LogP contribution in [-0.2, 0) is 14.8 Å². The normalized spacial score (nSPS) is 11.8. The van der Waals surface area contributed by atoms with E-state index < -0.39 is 16.0 Å². The van der Waals surface area contributed by atoms with Crippen molar-refractivity contribution < 1.29 is 22.4 Å². The van der Waals surface area contributed by atoms with Crippen LogP contribution in [0.15, 0.2) is 45.9 Å². The van der Waals surface area contributed by atoms with Crippen LogP contribution in [0.3, 0.4) is 0 Å². The first-order valence-electron chi connectivity index (χ1n) is 6.24. The number of furan rings is 1. The van der Waals surface area contributed by atoms with Crippen molar-refractivity contribution in [3.05, 3.63) is 52.3 Å². The number of carbonyl (C=O) groups is 1. The summed E-state index contributed by atoms with van der Waals surface area (Å²) >= 11 is 11.7. The molecule has 0 fully saturated rings. The Morgan fingerprint density at radius 2 is 1.91 bits per heavy atom. The molecule has 0 spiro atoms. The fraction of sp³-hybridized carbons (Fsp3) is 0.0714. The number of rotatable bonds is 3. The Morgan fingerprint density at radius 3 is 2.57 bits per heavy atom. The lowest BCUT2D eigenvalue weighted by atomic mass is 10.4. The highest BCUT2D eigenvalue weighted by molar-refractivity contribution is 7.90. The molecule has 1 aromatic carbocycles. The van der Waals surface area contributed by atoms with E-state index in [0.29, 0.717) is 0 Å². The van der Waals surface area contributed by atoms with Crippen LogP contribution in [0.4, 0.5) is 0 Å². The van der Waals surface area contributed by atoms with Gasteiger partial charge in [-0.25, -0.2) is 17.2 Å². The van der Waals surface area contributed by atoms with Gasteiger partial charge in [0.1, 0.15) is 11.2 Å². The van der Waals surface area contributed by atoms with E-state index in [0.717, 1.165) is 11.1 Å². The van der Waals surface area contributed by atoms with Crippen molar-refractivity contribution in [2.75, 3.05) is 7.11 Å². The molecule has 0 aliphatic heterocycles. The molecule has 0 amide bonds. The average Bonchev–Trinajstić information content (AvgIpc) is 3.09. The van der Waals surface area contributed by atoms with E-state index in [2.05, 4.69) is 4.74 Å². The van der Waals surface area contributed by atoms with Crippen molar-refractivity contribution >= 4 is 50.3 Å². The van der Waals surface area contributed by atoms with E-state index >= 15 is 0 Å². The lowest BCUT2D eigenvalue weighted by Gasteiger charge is -2.10. The summed E-state index contributed by atoms with van der Waals surface area (Å²) in [5.41, 5.74) is 0.290. The molecule has 3 rings (SSSR count). The molecule has 0 N–H and O–H groups in total. The molecule has 0 saturated heterocycles. The van der Waals surface area contributed by atoms with Gasteiger partial charge < -0.3 is 9.15 Å². The Labute approximate surface area is 141 Å². The molecule has 0 saturated carbocycles. The number of carbonyl (C=O) groups excluding carboxylic acids is 1. The largest absolute Gasteiger partial charge is 0.464 e. The summed E-state index contributed by atoms with van der Waals surface area (Å²) in [7, 11) is -2.94. The minimum absolute atomic E-state index is 0.0861. The van der Waals surface area contributed by atoms with Gasteiger partial charge in [0.25, 0.3) is 10.0 Å². The molecule has 0 atom stereocenters. The second-order valence-corrected chi connectivity index (χ2v) is 7.14. The number of benzene rings is 1. The highest BCUT2D eigenvalue weighted by atomic mass is 35.5. The molecule has 0 radical (unpaired) electrons. The zero-order valence-corrected chi connectivity index (χ0v) is 13.9. The first-order valence-corrected chi connectivity index (χ1v) is 8.43.